The second-order valence-electron chi connectivity index (χ2n) is 8.61. The van der Waals surface area contributed by atoms with Gasteiger partial charge in [-0.3, -0.25) is 0 Å². The standard InChI is InChI=1S/C27H41N3O4/c1-28-19-20-29-26(31)30(2)21-11-9-17-27(32,18-10-12-22-33-3)24-15-7-8-16-25(24)34-23-13-5-4-6-14-23/h4-8,13-16,28,32H,9-12,17-22H2,1-3H3,(H,29,31). The van der Waals surface area contributed by atoms with Crippen LogP contribution in [0.15, 0.2) is 54.6 Å². The van der Waals surface area contributed by atoms with Gasteiger partial charge in [-0.25, -0.2) is 4.79 Å². The fourth-order valence-electron chi connectivity index (χ4n) is 3.91. The summed E-state index contributed by atoms with van der Waals surface area (Å²) < 4.78 is 11.3. The summed E-state index contributed by atoms with van der Waals surface area (Å²) in [6.07, 6.45) is 4.52. The minimum absolute atomic E-state index is 0.0771. The lowest BCUT2D eigenvalue weighted by atomic mass is 9.83. The molecule has 7 heteroatoms. The summed E-state index contributed by atoms with van der Waals surface area (Å²) in [6.45, 7) is 2.64. The third-order valence-corrected chi connectivity index (χ3v) is 5.88. The maximum Gasteiger partial charge on any atom is 0.317 e. The van der Waals surface area contributed by atoms with Crippen LogP contribution in [0.2, 0.25) is 0 Å². The third-order valence-electron chi connectivity index (χ3n) is 5.88. The average molecular weight is 472 g/mol. The van der Waals surface area contributed by atoms with Crippen molar-refractivity contribution >= 4 is 6.03 Å². The Bertz CT molecular complexity index is 834. The third kappa shape index (κ3) is 9.33. The summed E-state index contributed by atoms with van der Waals surface area (Å²) >= 11 is 0. The van der Waals surface area contributed by atoms with E-state index in [4.69, 9.17) is 9.47 Å². The van der Waals surface area contributed by atoms with Gasteiger partial charge in [0.25, 0.3) is 0 Å². The van der Waals surface area contributed by atoms with Gasteiger partial charge < -0.3 is 30.1 Å². The largest absolute Gasteiger partial charge is 0.457 e. The second-order valence-corrected chi connectivity index (χ2v) is 8.61. The second kappa shape index (κ2) is 15.3. The molecule has 0 aliphatic rings. The molecule has 3 N–H and O–H groups in total. The van der Waals surface area contributed by atoms with Gasteiger partial charge in [-0.15, -0.1) is 0 Å². The predicted octanol–water partition coefficient (Wildman–Crippen LogP) is 4.51. The fraction of sp³-hybridized carbons (Fsp3) is 0.519. The van der Waals surface area contributed by atoms with E-state index in [1.165, 1.54) is 0 Å². The summed E-state index contributed by atoms with van der Waals surface area (Å²) in [7, 11) is 5.35. The Morgan fingerprint density at radius 1 is 0.971 bits per heavy atom. The molecular formula is C27H41N3O4. The normalized spacial score (nSPS) is 12.7. The number of ether oxygens (including phenoxy) is 2. The molecule has 0 radical (unpaired) electrons. The van der Waals surface area contributed by atoms with Gasteiger partial charge in [-0.1, -0.05) is 36.4 Å². The molecular weight excluding hydrogens is 430 g/mol. The molecule has 1 atom stereocenters. The number of urea groups is 1. The quantitative estimate of drug-likeness (QED) is 0.314. The van der Waals surface area contributed by atoms with Crippen LogP contribution in [0.1, 0.15) is 44.1 Å². The molecule has 0 heterocycles. The molecule has 2 amide bonds. The minimum Gasteiger partial charge on any atom is -0.457 e. The summed E-state index contributed by atoms with van der Waals surface area (Å²) in [5.41, 5.74) is -0.221. The molecule has 0 aliphatic heterocycles. The van der Waals surface area contributed by atoms with Crippen LogP contribution in [0, 0.1) is 0 Å². The van der Waals surface area contributed by atoms with Gasteiger partial charge in [-0.05, 0) is 63.8 Å². The lowest BCUT2D eigenvalue weighted by Gasteiger charge is -2.31. The van der Waals surface area contributed by atoms with E-state index in [9.17, 15) is 9.90 Å². The predicted molar refractivity (Wildman–Crippen MR) is 136 cm³/mol. The molecule has 2 rings (SSSR count). The first-order valence-corrected chi connectivity index (χ1v) is 12.2. The van der Waals surface area contributed by atoms with Crippen molar-refractivity contribution in [3.63, 3.8) is 0 Å². The number of likely N-dealkylation sites (N-methyl/N-ethyl adjacent to an activating group) is 1. The van der Waals surface area contributed by atoms with Crippen molar-refractivity contribution in [2.75, 3.05) is 47.4 Å². The number of rotatable bonds is 16. The van der Waals surface area contributed by atoms with Crippen LogP contribution in [0.3, 0.4) is 0 Å². The van der Waals surface area contributed by atoms with E-state index in [0.717, 1.165) is 43.5 Å². The first kappa shape index (κ1) is 27.6. The maximum atomic E-state index is 12.2. The molecule has 1 unspecified atom stereocenters. The number of carbonyl (C=O) groups is 1. The molecule has 2 aromatic rings. The monoisotopic (exact) mass is 471 g/mol. The lowest BCUT2D eigenvalue weighted by molar-refractivity contribution is 0.00998. The number of para-hydroxylation sites is 2. The van der Waals surface area contributed by atoms with Crippen molar-refractivity contribution in [3.8, 4) is 11.5 Å². The highest BCUT2D eigenvalue weighted by atomic mass is 16.5. The van der Waals surface area contributed by atoms with Crippen LogP contribution >= 0.6 is 0 Å². The van der Waals surface area contributed by atoms with E-state index in [2.05, 4.69) is 10.6 Å². The fourth-order valence-corrected chi connectivity index (χ4v) is 3.91. The Morgan fingerprint density at radius 3 is 2.35 bits per heavy atom. The summed E-state index contributed by atoms with van der Waals surface area (Å²) in [5, 5.41) is 17.7. The number of nitrogens with one attached hydrogen (secondary N) is 2. The maximum absolute atomic E-state index is 12.2. The molecule has 0 saturated heterocycles. The van der Waals surface area contributed by atoms with Crippen molar-refractivity contribution in [2.24, 2.45) is 0 Å². The lowest BCUT2D eigenvalue weighted by Crippen LogP contribution is -2.40. The number of aliphatic hydroxyl groups is 1. The van der Waals surface area contributed by atoms with Gasteiger partial charge in [0.2, 0.25) is 0 Å². The zero-order valence-electron chi connectivity index (χ0n) is 20.9. The molecule has 0 fully saturated rings. The van der Waals surface area contributed by atoms with Gasteiger partial charge in [0.15, 0.2) is 0 Å². The SMILES string of the molecule is CNCCNC(=O)N(C)CCCCC(O)(CCCCOC)c1ccccc1Oc1ccccc1. The zero-order valence-corrected chi connectivity index (χ0v) is 20.9. The van der Waals surface area contributed by atoms with Crippen LogP contribution in [-0.2, 0) is 10.3 Å². The number of hydrogen-bond acceptors (Lipinski definition) is 5. The highest BCUT2D eigenvalue weighted by Crippen LogP contribution is 2.39. The molecule has 0 bridgehead atoms. The van der Waals surface area contributed by atoms with Gasteiger partial charge in [0, 0.05) is 46.0 Å². The van der Waals surface area contributed by atoms with E-state index in [1.54, 1.807) is 19.1 Å². The number of carbonyl (C=O) groups excluding carboxylic acids is 1. The molecule has 0 spiro atoms. The van der Waals surface area contributed by atoms with Gasteiger partial charge >= 0.3 is 6.03 Å². The Labute approximate surface area is 204 Å². The minimum atomic E-state index is -1.02. The highest BCUT2D eigenvalue weighted by molar-refractivity contribution is 5.73. The van der Waals surface area contributed by atoms with E-state index < -0.39 is 5.60 Å². The molecule has 34 heavy (non-hydrogen) atoms. The van der Waals surface area contributed by atoms with Crippen molar-refractivity contribution in [3.05, 3.63) is 60.2 Å². The first-order valence-electron chi connectivity index (χ1n) is 12.2. The summed E-state index contributed by atoms with van der Waals surface area (Å²) in [6, 6.07) is 17.3. The number of hydrogen-bond donors (Lipinski definition) is 3. The Balaban J connectivity index is 2.04. The molecule has 0 saturated carbocycles. The van der Waals surface area contributed by atoms with Crippen molar-refractivity contribution in [2.45, 2.75) is 44.1 Å². The van der Waals surface area contributed by atoms with E-state index >= 15 is 0 Å². The Morgan fingerprint density at radius 2 is 1.65 bits per heavy atom. The molecule has 7 nitrogen and oxygen atoms in total. The topological polar surface area (TPSA) is 83.1 Å². The number of unbranched alkanes of at least 4 members (excludes halogenated alkanes) is 2. The number of methoxy groups -OCH3 is 1. The van der Waals surface area contributed by atoms with Crippen molar-refractivity contribution < 1.29 is 19.4 Å². The first-order chi connectivity index (χ1) is 16.5. The number of amides is 2. The van der Waals surface area contributed by atoms with Crippen LogP contribution in [0.25, 0.3) is 0 Å². The van der Waals surface area contributed by atoms with Gasteiger partial charge in [-0.2, -0.15) is 0 Å². The van der Waals surface area contributed by atoms with Crippen LogP contribution < -0.4 is 15.4 Å². The molecule has 2 aromatic carbocycles. The van der Waals surface area contributed by atoms with Gasteiger partial charge in [0.05, 0.1) is 5.60 Å². The Kier molecular flexibility index (Phi) is 12.5. The van der Waals surface area contributed by atoms with E-state index in [1.807, 2.05) is 61.6 Å². The summed E-state index contributed by atoms with van der Waals surface area (Å²) in [5.74, 6) is 1.41. The molecule has 188 valence electrons. The highest BCUT2D eigenvalue weighted by Gasteiger charge is 2.31. The average Bonchev–Trinajstić information content (AvgIpc) is 2.85. The van der Waals surface area contributed by atoms with Crippen LogP contribution in [0.4, 0.5) is 4.79 Å². The van der Waals surface area contributed by atoms with Crippen LogP contribution in [-0.4, -0.2) is 63.5 Å². The van der Waals surface area contributed by atoms with E-state index in [-0.39, 0.29) is 6.03 Å². The Hall–Kier alpha value is -2.61. The molecule has 0 aromatic heterocycles. The van der Waals surface area contributed by atoms with E-state index in [0.29, 0.717) is 38.3 Å². The molecule has 0 aliphatic carbocycles. The summed E-state index contributed by atoms with van der Waals surface area (Å²) in [4.78, 5) is 13.9. The zero-order chi connectivity index (χ0) is 24.7. The van der Waals surface area contributed by atoms with Crippen molar-refractivity contribution in [1.82, 2.24) is 15.5 Å². The number of nitrogens with zero attached hydrogens (tertiary/aromatic N) is 1. The van der Waals surface area contributed by atoms with Crippen LogP contribution in [0.5, 0.6) is 11.5 Å². The smallest absolute Gasteiger partial charge is 0.317 e. The van der Waals surface area contributed by atoms with Gasteiger partial charge in [0.1, 0.15) is 11.5 Å². The number of benzene rings is 2. The van der Waals surface area contributed by atoms with Crippen molar-refractivity contribution in [1.29, 1.82) is 0 Å².